The Labute approximate surface area is 188 Å². The zero-order valence-electron chi connectivity index (χ0n) is 17.8. The minimum Gasteiger partial charge on any atom is -0.350 e. The Morgan fingerprint density at radius 3 is 2.48 bits per heavy atom. The highest BCUT2D eigenvalue weighted by Gasteiger charge is 2.51. The molecule has 1 fully saturated rings. The molecule has 0 saturated carbocycles. The third-order valence-electron chi connectivity index (χ3n) is 5.56. The van der Waals surface area contributed by atoms with Gasteiger partial charge in [-0.15, -0.1) is 0 Å². The lowest BCUT2D eigenvalue weighted by atomic mass is 9.93. The van der Waals surface area contributed by atoms with Gasteiger partial charge in [0.1, 0.15) is 5.54 Å². The summed E-state index contributed by atoms with van der Waals surface area (Å²) < 4.78 is 26.2. The SMILES string of the molecule is CCS(=O)(=O)N1CC(=O)N(c2cccc(Cl)c2C)[C@@](C)(C(=O)NCc2ccccc2)C1. The van der Waals surface area contributed by atoms with E-state index in [-0.39, 0.29) is 25.4 Å². The Bertz CT molecular complexity index is 1090. The molecule has 0 radical (unpaired) electrons. The number of nitrogens with zero attached hydrogens (tertiary/aromatic N) is 2. The molecule has 1 heterocycles. The second kappa shape index (κ2) is 8.98. The molecule has 0 unspecified atom stereocenters. The number of amides is 2. The number of benzene rings is 2. The molecule has 1 saturated heterocycles. The van der Waals surface area contributed by atoms with E-state index in [1.165, 1.54) is 11.8 Å². The van der Waals surface area contributed by atoms with Crippen molar-refractivity contribution >= 4 is 39.1 Å². The first-order valence-electron chi connectivity index (χ1n) is 9.98. The van der Waals surface area contributed by atoms with Crippen molar-refractivity contribution in [2.24, 2.45) is 0 Å². The number of piperazine rings is 1. The van der Waals surface area contributed by atoms with Gasteiger partial charge >= 0.3 is 0 Å². The molecular weight excluding hydrogens is 438 g/mol. The molecule has 31 heavy (non-hydrogen) atoms. The molecule has 0 aliphatic carbocycles. The van der Waals surface area contributed by atoms with Crippen molar-refractivity contribution in [3.63, 3.8) is 0 Å². The van der Waals surface area contributed by atoms with Gasteiger partial charge in [0, 0.05) is 23.8 Å². The lowest BCUT2D eigenvalue weighted by Crippen LogP contribution is -2.70. The van der Waals surface area contributed by atoms with Crippen LogP contribution in [-0.2, 0) is 26.2 Å². The molecule has 2 amide bonds. The second-order valence-electron chi connectivity index (χ2n) is 7.72. The van der Waals surface area contributed by atoms with E-state index in [0.717, 1.165) is 9.87 Å². The summed E-state index contributed by atoms with van der Waals surface area (Å²) in [5.74, 6) is -1.08. The van der Waals surface area contributed by atoms with Crippen molar-refractivity contribution in [3.05, 3.63) is 64.7 Å². The maximum atomic E-state index is 13.4. The van der Waals surface area contributed by atoms with Crippen molar-refractivity contribution in [1.82, 2.24) is 9.62 Å². The first kappa shape index (κ1) is 23.2. The van der Waals surface area contributed by atoms with Crippen molar-refractivity contribution in [1.29, 1.82) is 0 Å². The topological polar surface area (TPSA) is 86.8 Å². The van der Waals surface area contributed by atoms with Crippen LogP contribution in [0.15, 0.2) is 48.5 Å². The van der Waals surface area contributed by atoms with Gasteiger partial charge in [-0.2, -0.15) is 4.31 Å². The van der Waals surface area contributed by atoms with Gasteiger partial charge in [0.2, 0.25) is 21.8 Å². The van der Waals surface area contributed by atoms with Crippen LogP contribution in [0.3, 0.4) is 0 Å². The quantitative estimate of drug-likeness (QED) is 0.713. The maximum absolute atomic E-state index is 13.4. The summed E-state index contributed by atoms with van der Waals surface area (Å²) in [4.78, 5) is 28.0. The van der Waals surface area contributed by atoms with Gasteiger partial charge in [0.05, 0.1) is 12.3 Å². The number of nitrogens with one attached hydrogen (secondary N) is 1. The molecule has 2 aromatic carbocycles. The number of hydrogen-bond donors (Lipinski definition) is 1. The number of halogens is 1. The fourth-order valence-electron chi connectivity index (χ4n) is 3.73. The van der Waals surface area contributed by atoms with Crippen LogP contribution < -0.4 is 10.2 Å². The third kappa shape index (κ3) is 4.61. The Morgan fingerprint density at radius 1 is 1.16 bits per heavy atom. The van der Waals surface area contributed by atoms with E-state index in [9.17, 15) is 18.0 Å². The van der Waals surface area contributed by atoms with Gasteiger partial charge in [-0.25, -0.2) is 8.42 Å². The average Bonchev–Trinajstić information content (AvgIpc) is 2.75. The standard InChI is InChI=1S/C22H26ClN3O4S/c1-4-31(29,30)25-14-20(27)26(19-12-8-11-18(23)16(19)2)22(3,15-25)21(28)24-13-17-9-6-5-7-10-17/h5-12H,4,13-15H2,1-3H3,(H,24,28)/t22-/m1/s1. The number of hydrogen-bond acceptors (Lipinski definition) is 4. The summed E-state index contributed by atoms with van der Waals surface area (Å²) in [5.41, 5.74) is 0.571. The van der Waals surface area contributed by atoms with E-state index in [2.05, 4.69) is 5.32 Å². The highest BCUT2D eigenvalue weighted by molar-refractivity contribution is 7.89. The molecule has 3 rings (SSSR count). The van der Waals surface area contributed by atoms with Gasteiger partial charge in [-0.3, -0.25) is 14.5 Å². The molecule has 1 aliphatic heterocycles. The molecule has 1 N–H and O–H groups in total. The summed E-state index contributed by atoms with van der Waals surface area (Å²) in [6.45, 7) is 4.64. The summed E-state index contributed by atoms with van der Waals surface area (Å²) in [6, 6.07) is 14.5. The monoisotopic (exact) mass is 463 g/mol. The van der Waals surface area contributed by atoms with Gasteiger partial charge < -0.3 is 5.32 Å². The Balaban J connectivity index is 2.02. The number of rotatable bonds is 6. The number of anilines is 1. The Hall–Kier alpha value is -2.42. The van der Waals surface area contributed by atoms with Crippen LogP contribution in [0.25, 0.3) is 0 Å². The van der Waals surface area contributed by atoms with Crippen LogP contribution >= 0.6 is 11.6 Å². The van der Waals surface area contributed by atoms with Crippen LogP contribution in [0.2, 0.25) is 5.02 Å². The fraction of sp³-hybridized carbons (Fsp3) is 0.364. The van der Waals surface area contributed by atoms with Gasteiger partial charge in [0.15, 0.2) is 0 Å². The zero-order valence-corrected chi connectivity index (χ0v) is 19.3. The van der Waals surface area contributed by atoms with Crippen LogP contribution in [0, 0.1) is 6.92 Å². The molecule has 0 aromatic heterocycles. The van der Waals surface area contributed by atoms with Crippen molar-refractivity contribution in [2.75, 3.05) is 23.7 Å². The molecular formula is C22H26ClN3O4S. The first-order chi connectivity index (χ1) is 14.6. The molecule has 0 spiro atoms. The average molecular weight is 464 g/mol. The zero-order chi connectivity index (χ0) is 22.8. The van der Waals surface area contributed by atoms with Crippen LogP contribution in [0.1, 0.15) is 25.0 Å². The molecule has 7 nitrogen and oxygen atoms in total. The predicted molar refractivity (Wildman–Crippen MR) is 121 cm³/mol. The smallest absolute Gasteiger partial charge is 0.247 e. The first-order valence-corrected chi connectivity index (χ1v) is 12.0. The summed E-state index contributed by atoms with van der Waals surface area (Å²) in [6.07, 6.45) is 0. The highest BCUT2D eigenvalue weighted by Crippen LogP contribution is 2.35. The minimum absolute atomic E-state index is 0.151. The van der Waals surface area contributed by atoms with E-state index in [1.807, 2.05) is 30.3 Å². The summed E-state index contributed by atoms with van der Waals surface area (Å²) in [7, 11) is -3.67. The normalized spacial score (nSPS) is 20.0. The van der Waals surface area contributed by atoms with Crippen molar-refractivity contribution in [2.45, 2.75) is 32.9 Å². The number of carbonyl (C=O) groups excluding carboxylic acids is 2. The number of sulfonamides is 1. The predicted octanol–water partition coefficient (Wildman–Crippen LogP) is 2.72. The maximum Gasteiger partial charge on any atom is 0.247 e. The molecule has 1 atom stereocenters. The van der Waals surface area contributed by atoms with Gasteiger partial charge in [-0.1, -0.05) is 48.0 Å². The van der Waals surface area contributed by atoms with Gasteiger partial charge in [-0.05, 0) is 44.0 Å². The summed E-state index contributed by atoms with van der Waals surface area (Å²) >= 11 is 6.27. The van der Waals surface area contributed by atoms with Crippen molar-refractivity contribution in [3.8, 4) is 0 Å². The molecule has 9 heteroatoms. The van der Waals surface area contributed by atoms with Crippen LogP contribution in [0.5, 0.6) is 0 Å². The highest BCUT2D eigenvalue weighted by atomic mass is 35.5. The van der Waals surface area contributed by atoms with Gasteiger partial charge in [0.25, 0.3) is 0 Å². The third-order valence-corrected chi connectivity index (χ3v) is 7.75. The Morgan fingerprint density at radius 2 is 1.84 bits per heavy atom. The second-order valence-corrected chi connectivity index (χ2v) is 10.4. The summed E-state index contributed by atoms with van der Waals surface area (Å²) in [5, 5.41) is 3.33. The number of carbonyl (C=O) groups is 2. The molecule has 1 aliphatic rings. The lowest BCUT2D eigenvalue weighted by Gasteiger charge is -2.47. The molecule has 2 aromatic rings. The van der Waals surface area contributed by atoms with E-state index in [0.29, 0.717) is 16.3 Å². The van der Waals surface area contributed by atoms with Crippen LogP contribution in [-0.4, -0.2) is 48.9 Å². The molecule has 0 bridgehead atoms. The van der Waals surface area contributed by atoms with Crippen molar-refractivity contribution < 1.29 is 18.0 Å². The van der Waals surface area contributed by atoms with E-state index >= 15 is 0 Å². The fourth-order valence-corrected chi connectivity index (χ4v) is 5.02. The van der Waals surface area contributed by atoms with E-state index in [1.54, 1.807) is 32.0 Å². The van der Waals surface area contributed by atoms with E-state index in [4.69, 9.17) is 11.6 Å². The van der Waals surface area contributed by atoms with E-state index < -0.39 is 27.4 Å². The molecule has 166 valence electrons. The van der Waals surface area contributed by atoms with Crippen LogP contribution in [0.4, 0.5) is 5.69 Å². The largest absolute Gasteiger partial charge is 0.350 e. The lowest BCUT2D eigenvalue weighted by molar-refractivity contribution is -0.133. The Kier molecular flexibility index (Phi) is 6.73. The minimum atomic E-state index is -3.67.